The van der Waals surface area contributed by atoms with Crippen LogP contribution in [0.2, 0.25) is 0 Å². The van der Waals surface area contributed by atoms with Crippen LogP contribution in [0.25, 0.3) is 0 Å². The van der Waals surface area contributed by atoms with Gasteiger partial charge in [-0.1, -0.05) is 0 Å². The van der Waals surface area contributed by atoms with Crippen molar-refractivity contribution in [1.82, 2.24) is 0 Å². The van der Waals surface area contributed by atoms with Gasteiger partial charge in [-0.2, -0.15) is 4.39 Å². The summed E-state index contributed by atoms with van der Waals surface area (Å²) in [6.45, 7) is 1.42. The summed E-state index contributed by atoms with van der Waals surface area (Å²) >= 11 is 2.00. The number of halogens is 4. The van der Waals surface area contributed by atoms with Crippen LogP contribution in [-0.4, -0.2) is 11.2 Å². The quantitative estimate of drug-likeness (QED) is 0.576. The average molecular weight is 299 g/mol. The van der Waals surface area contributed by atoms with Gasteiger partial charge >= 0.3 is 0 Å². The second-order valence-corrected chi connectivity index (χ2v) is 5.17. The molecule has 0 aromatic rings. The highest BCUT2D eigenvalue weighted by Crippen LogP contribution is 2.51. The number of rotatable bonds is 4. The van der Waals surface area contributed by atoms with Crippen molar-refractivity contribution in [2.75, 3.05) is 0 Å². The van der Waals surface area contributed by atoms with Crippen molar-refractivity contribution in [1.29, 1.82) is 0 Å². The highest BCUT2D eigenvalue weighted by Gasteiger charge is 2.52. The SMILES string of the molecule is CC(C)(C(F)F)C(F)(Br)OP(=O)([O-])[O-]. The largest absolute Gasteiger partial charge is 0.790 e. The van der Waals surface area contributed by atoms with Crippen molar-refractivity contribution < 1.29 is 32.0 Å². The molecule has 4 nitrogen and oxygen atoms in total. The van der Waals surface area contributed by atoms with Crippen LogP contribution in [0.1, 0.15) is 13.8 Å². The van der Waals surface area contributed by atoms with Gasteiger partial charge in [0.15, 0.2) is 0 Å². The molecule has 0 radical (unpaired) electrons. The first-order valence-corrected chi connectivity index (χ1v) is 5.54. The number of phosphoric acid groups is 1. The molecular formula is C5H7BrF3O4P-2. The number of hydrogen-bond donors (Lipinski definition) is 0. The zero-order chi connectivity index (χ0) is 11.8. The first kappa shape index (κ1) is 14.4. The van der Waals surface area contributed by atoms with Crippen LogP contribution in [0, 0.1) is 5.41 Å². The lowest BCUT2D eigenvalue weighted by Gasteiger charge is -2.41. The highest BCUT2D eigenvalue weighted by atomic mass is 79.9. The fraction of sp³-hybridized carbons (Fsp3) is 1.00. The lowest BCUT2D eigenvalue weighted by atomic mass is 9.94. The Balaban J connectivity index is 4.87. The normalized spacial score (nSPS) is 18.4. The van der Waals surface area contributed by atoms with E-state index in [0.29, 0.717) is 13.8 Å². The molecule has 0 rings (SSSR count). The number of hydrogen-bond acceptors (Lipinski definition) is 4. The average Bonchev–Trinajstić information content (AvgIpc) is 1.80. The lowest BCUT2D eigenvalue weighted by molar-refractivity contribution is -0.355. The molecule has 0 aliphatic rings. The smallest absolute Gasteiger partial charge is 0.279 e. The van der Waals surface area contributed by atoms with E-state index in [1.54, 1.807) is 0 Å². The van der Waals surface area contributed by atoms with E-state index in [1.165, 1.54) is 0 Å². The van der Waals surface area contributed by atoms with Crippen LogP contribution in [-0.2, 0) is 9.09 Å². The van der Waals surface area contributed by atoms with E-state index in [4.69, 9.17) is 0 Å². The van der Waals surface area contributed by atoms with Crippen LogP contribution in [0.5, 0.6) is 0 Å². The molecule has 0 aliphatic heterocycles. The minimum absolute atomic E-state index is 0.710. The molecule has 0 aliphatic carbocycles. The predicted octanol–water partition coefficient (Wildman–Crippen LogP) is 1.14. The van der Waals surface area contributed by atoms with Gasteiger partial charge in [0, 0.05) is 0 Å². The number of alkyl halides is 4. The van der Waals surface area contributed by atoms with Crippen LogP contribution in [0.4, 0.5) is 13.2 Å². The van der Waals surface area contributed by atoms with Gasteiger partial charge in [0.2, 0.25) is 6.43 Å². The van der Waals surface area contributed by atoms with Crippen molar-refractivity contribution >= 4 is 23.8 Å². The second kappa shape index (κ2) is 4.09. The Morgan fingerprint density at radius 2 is 1.79 bits per heavy atom. The van der Waals surface area contributed by atoms with Gasteiger partial charge in [0.05, 0.1) is 13.2 Å². The minimum atomic E-state index is -5.68. The van der Waals surface area contributed by atoms with E-state index in [0.717, 1.165) is 0 Å². The zero-order valence-electron chi connectivity index (χ0n) is 7.17. The summed E-state index contributed by atoms with van der Waals surface area (Å²) in [7, 11) is -5.68. The Labute approximate surface area is 86.8 Å². The molecule has 0 saturated heterocycles. The standard InChI is InChI=1S/C5H9BrF3O4P/c1-4(2,3(7)8)5(6,9)13-14(10,11)12/h3H,1-2H3,(H2,10,11,12)/p-2. The van der Waals surface area contributed by atoms with Gasteiger partial charge in [-0.15, -0.1) is 0 Å². The maximum Gasteiger partial charge on any atom is 0.279 e. The van der Waals surface area contributed by atoms with Crippen LogP contribution >= 0.6 is 23.8 Å². The minimum Gasteiger partial charge on any atom is -0.790 e. The summed E-state index contributed by atoms with van der Waals surface area (Å²) in [6.07, 6.45) is -3.21. The molecule has 0 aromatic heterocycles. The van der Waals surface area contributed by atoms with E-state index in [2.05, 4.69) is 4.52 Å². The molecule has 0 heterocycles. The molecular weight excluding hydrogens is 292 g/mol. The topological polar surface area (TPSA) is 72.4 Å². The fourth-order valence-corrected chi connectivity index (χ4v) is 1.61. The summed E-state index contributed by atoms with van der Waals surface area (Å²) in [5.41, 5.74) is -2.47. The van der Waals surface area contributed by atoms with Crippen molar-refractivity contribution in [3.05, 3.63) is 0 Å². The van der Waals surface area contributed by atoms with E-state index in [1.807, 2.05) is 15.9 Å². The summed E-state index contributed by atoms with van der Waals surface area (Å²) in [4.78, 5) is 20.1. The van der Waals surface area contributed by atoms with E-state index < -0.39 is 24.4 Å². The fourth-order valence-electron chi connectivity index (χ4n) is 0.385. The Kier molecular flexibility index (Phi) is 4.21. The molecule has 1 atom stereocenters. The van der Waals surface area contributed by atoms with Gasteiger partial charge in [-0.25, -0.2) is 8.78 Å². The first-order valence-electron chi connectivity index (χ1n) is 3.29. The zero-order valence-corrected chi connectivity index (χ0v) is 9.65. The van der Waals surface area contributed by atoms with Crippen molar-refractivity contribution in [2.45, 2.75) is 25.0 Å². The van der Waals surface area contributed by atoms with Gasteiger partial charge < -0.3 is 18.9 Å². The van der Waals surface area contributed by atoms with Crippen molar-refractivity contribution in [2.24, 2.45) is 5.41 Å². The molecule has 14 heavy (non-hydrogen) atoms. The summed E-state index contributed by atoms with van der Waals surface area (Å²) < 4.78 is 47.7. The third-order valence-electron chi connectivity index (χ3n) is 1.52. The Morgan fingerprint density at radius 3 is 2.00 bits per heavy atom. The molecule has 9 heteroatoms. The van der Waals surface area contributed by atoms with Crippen molar-refractivity contribution in [3.63, 3.8) is 0 Å². The highest BCUT2D eigenvalue weighted by molar-refractivity contribution is 9.10. The molecule has 0 fully saturated rings. The first-order chi connectivity index (χ1) is 5.90. The van der Waals surface area contributed by atoms with Crippen LogP contribution in [0.3, 0.4) is 0 Å². The lowest BCUT2D eigenvalue weighted by Crippen LogP contribution is -2.44. The number of phosphoric ester groups is 1. The predicted molar refractivity (Wildman–Crippen MR) is 41.2 cm³/mol. The second-order valence-electron chi connectivity index (χ2n) is 3.08. The molecule has 0 N–H and O–H groups in total. The molecule has 1 unspecified atom stereocenters. The third kappa shape index (κ3) is 3.51. The van der Waals surface area contributed by atoms with Gasteiger partial charge in [-0.3, -0.25) is 0 Å². The van der Waals surface area contributed by atoms with Crippen molar-refractivity contribution in [3.8, 4) is 0 Å². The molecule has 0 spiro atoms. The van der Waals surface area contributed by atoms with Crippen LogP contribution < -0.4 is 9.79 Å². The van der Waals surface area contributed by atoms with E-state index in [9.17, 15) is 27.5 Å². The summed E-state index contributed by atoms with van der Waals surface area (Å²) in [5.74, 6) is 0. The molecule has 0 amide bonds. The maximum atomic E-state index is 13.3. The maximum absolute atomic E-state index is 13.3. The molecule has 86 valence electrons. The molecule has 0 bridgehead atoms. The Bertz CT molecular complexity index is 251. The Morgan fingerprint density at radius 1 is 1.43 bits per heavy atom. The molecule has 0 saturated carbocycles. The van der Waals surface area contributed by atoms with Gasteiger partial charge in [-0.05, 0) is 29.8 Å². The Hall–Kier alpha value is 0.380. The van der Waals surface area contributed by atoms with E-state index >= 15 is 0 Å². The summed E-state index contributed by atoms with van der Waals surface area (Å²) in [6, 6.07) is 0. The monoisotopic (exact) mass is 298 g/mol. The van der Waals surface area contributed by atoms with E-state index in [-0.39, 0.29) is 0 Å². The summed E-state index contributed by atoms with van der Waals surface area (Å²) in [5, 5.41) is 0. The van der Waals surface area contributed by atoms with Gasteiger partial charge in [0.25, 0.3) is 4.76 Å². The molecule has 0 aromatic carbocycles. The van der Waals surface area contributed by atoms with Gasteiger partial charge in [0.1, 0.15) is 0 Å². The third-order valence-corrected chi connectivity index (χ3v) is 3.43. The van der Waals surface area contributed by atoms with Crippen LogP contribution in [0.15, 0.2) is 0 Å².